The van der Waals surface area contributed by atoms with Crippen LogP contribution in [0.15, 0.2) is 84.9 Å². The highest BCUT2D eigenvalue weighted by molar-refractivity contribution is 6.00. The van der Waals surface area contributed by atoms with E-state index in [-0.39, 0.29) is 0 Å². The first kappa shape index (κ1) is 22.0. The Labute approximate surface area is 183 Å². The van der Waals surface area contributed by atoms with Crippen LogP contribution in [0.25, 0.3) is 22.5 Å². The molecule has 31 heavy (non-hydrogen) atoms. The van der Waals surface area contributed by atoms with Crippen LogP contribution in [0.3, 0.4) is 0 Å². The molecule has 0 saturated heterocycles. The SMILES string of the molecule is Cc1cccc(C(N)=O)c1-c1cc(-c2ccccc2)n[nH]1.NCCCc1ccccc1. The van der Waals surface area contributed by atoms with Crippen molar-refractivity contribution < 1.29 is 4.79 Å². The summed E-state index contributed by atoms with van der Waals surface area (Å²) in [6.07, 6.45) is 2.20. The number of hydrogen-bond acceptors (Lipinski definition) is 3. The van der Waals surface area contributed by atoms with E-state index in [1.807, 2.05) is 61.5 Å². The predicted molar refractivity (Wildman–Crippen MR) is 127 cm³/mol. The highest BCUT2D eigenvalue weighted by Crippen LogP contribution is 2.28. The van der Waals surface area contributed by atoms with Crippen molar-refractivity contribution in [2.24, 2.45) is 11.5 Å². The van der Waals surface area contributed by atoms with Gasteiger partial charge in [0, 0.05) is 16.7 Å². The van der Waals surface area contributed by atoms with Crippen molar-refractivity contribution in [2.45, 2.75) is 19.8 Å². The number of primary amides is 1. The molecule has 0 aliphatic heterocycles. The molecule has 1 aromatic heterocycles. The van der Waals surface area contributed by atoms with Gasteiger partial charge in [-0.2, -0.15) is 5.10 Å². The Kier molecular flexibility index (Phi) is 7.73. The summed E-state index contributed by atoms with van der Waals surface area (Å²) in [5, 5.41) is 7.33. The zero-order valence-corrected chi connectivity index (χ0v) is 17.7. The number of hydrogen-bond donors (Lipinski definition) is 3. The van der Waals surface area contributed by atoms with Crippen molar-refractivity contribution in [3.05, 3.63) is 102 Å². The van der Waals surface area contributed by atoms with E-state index in [0.29, 0.717) is 5.56 Å². The van der Waals surface area contributed by atoms with Crippen molar-refractivity contribution in [2.75, 3.05) is 6.54 Å². The zero-order valence-electron chi connectivity index (χ0n) is 17.7. The van der Waals surface area contributed by atoms with E-state index in [1.54, 1.807) is 6.07 Å². The molecular weight excluding hydrogens is 384 g/mol. The second kappa shape index (κ2) is 10.9. The molecule has 0 aliphatic rings. The maximum Gasteiger partial charge on any atom is 0.249 e. The molecule has 158 valence electrons. The van der Waals surface area contributed by atoms with Crippen LogP contribution in [0.5, 0.6) is 0 Å². The Balaban J connectivity index is 0.000000229. The molecule has 0 fully saturated rings. The van der Waals surface area contributed by atoms with Crippen molar-refractivity contribution in [1.82, 2.24) is 10.2 Å². The minimum atomic E-state index is -0.440. The number of nitrogens with one attached hydrogen (secondary N) is 1. The van der Waals surface area contributed by atoms with E-state index >= 15 is 0 Å². The number of benzene rings is 3. The van der Waals surface area contributed by atoms with Crippen LogP contribution in [-0.2, 0) is 6.42 Å². The molecule has 1 amide bonds. The van der Waals surface area contributed by atoms with Gasteiger partial charge in [-0.3, -0.25) is 9.89 Å². The van der Waals surface area contributed by atoms with E-state index in [2.05, 4.69) is 34.5 Å². The Bertz CT molecular complexity index is 1100. The predicted octanol–water partition coefficient (Wildman–Crippen LogP) is 4.73. The smallest absolute Gasteiger partial charge is 0.249 e. The van der Waals surface area contributed by atoms with Gasteiger partial charge in [-0.15, -0.1) is 0 Å². The summed E-state index contributed by atoms with van der Waals surface area (Å²) in [7, 11) is 0. The van der Waals surface area contributed by atoms with Gasteiger partial charge in [0.1, 0.15) is 0 Å². The summed E-state index contributed by atoms with van der Waals surface area (Å²) < 4.78 is 0. The zero-order chi connectivity index (χ0) is 22.1. The van der Waals surface area contributed by atoms with Gasteiger partial charge < -0.3 is 11.5 Å². The summed E-state index contributed by atoms with van der Waals surface area (Å²) >= 11 is 0. The Morgan fingerprint density at radius 3 is 2.26 bits per heavy atom. The number of nitrogens with two attached hydrogens (primary N) is 2. The molecule has 5 nitrogen and oxygen atoms in total. The molecule has 4 aromatic rings. The lowest BCUT2D eigenvalue weighted by molar-refractivity contribution is 0.100. The minimum absolute atomic E-state index is 0.440. The first-order valence-electron chi connectivity index (χ1n) is 10.3. The van der Waals surface area contributed by atoms with Gasteiger partial charge in [-0.25, -0.2) is 0 Å². The molecule has 0 bridgehead atoms. The molecule has 5 N–H and O–H groups in total. The summed E-state index contributed by atoms with van der Waals surface area (Å²) in [5.41, 5.74) is 17.2. The lowest BCUT2D eigenvalue weighted by atomic mass is 9.98. The molecule has 0 saturated carbocycles. The van der Waals surface area contributed by atoms with Gasteiger partial charge >= 0.3 is 0 Å². The fourth-order valence-corrected chi connectivity index (χ4v) is 3.39. The van der Waals surface area contributed by atoms with E-state index < -0.39 is 5.91 Å². The molecule has 0 unspecified atom stereocenters. The first-order chi connectivity index (χ1) is 15.1. The van der Waals surface area contributed by atoms with Gasteiger partial charge in [0.25, 0.3) is 0 Å². The van der Waals surface area contributed by atoms with E-state index in [0.717, 1.165) is 47.5 Å². The van der Waals surface area contributed by atoms with E-state index in [1.165, 1.54) is 5.56 Å². The van der Waals surface area contributed by atoms with Gasteiger partial charge in [0.2, 0.25) is 5.91 Å². The second-order valence-electron chi connectivity index (χ2n) is 7.27. The minimum Gasteiger partial charge on any atom is -0.366 e. The van der Waals surface area contributed by atoms with Crippen molar-refractivity contribution in [3.8, 4) is 22.5 Å². The van der Waals surface area contributed by atoms with Crippen LogP contribution >= 0.6 is 0 Å². The third-order valence-electron chi connectivity index (χ3n) is 4.97. The first-order valence-corrected chi connectivity index (χ1v) is 10.3. The monoisotopic (exact) mass is 412 g/mol. The van der Waals surface area contributed by atoms with Gasteiger partial charge in [-0.1, -0.05) is 72.8 Å². The van der Waals surface area contributed by atoms with E-state index in [4.69, 9.17) is 11.5 Å². The highest BCUT2D eigenvalue weighted by Gasteiger charge is 2.15. The molecule has 4 rings (SSSR count). The van der Waals surface area contributed by atoms with Gasteiger partial charge in [0.15, 0.2) is 0 Å². The van der Waals surface area contributed by atoms with Crippen LogP contribution < -0.4 is 11.5 Å². The fourth-order valence-electron chi connectivity index (χ4n) is 3.39. The summed E-state index contributed by atoms with van der Waals surface area (Å²) in [6.45, 7) is 2.74. The van der Waals surface area contributed by atoms with Gasteiger partial charge in [0.05, 0.1) is 11.4 Å². The summed E-state index contributed by atoms with van der Waals surface area (Å²) in [6, 6.07) is 27.7. The molecule has 5 heteroatoms. The molecule has 0 aliphatic carbocycles. The number of H-pyrrole nitrogens is 1. The number of aromatic amines is 1. The van der Waals surface area contributed by atoms with Crippen LogP contribution in [0.4, 0.5) is 0 Å². The topological polar surface area (TPSA) is 97.8 Å². The number of carbonyl (C=O) groups excluding carboxylic acids is 1. The van der Waals surface area contributed by atoms with Crippen LogP contribution in [0.2, 0.25) is 0 Å². The molecule has 0 spiro atoms. The quantitative estimate of drug-likeness (QED) is 0.427. The maximum atomic E-state index is 11.6. The highest BCUT2D eigenvalue weighted by atomic mass is 16.1. The molecule has 3 aromatic carbocycles. The van der Waals surface area contributed by atoms with Gasteiger partial charge in [-0.05, 0) is 49.6 Å². The number of aromatic nitrogens is 2. The lowest BCUT2D eigenvalue weighted by Gasteiger charge is -2.07. The fraction of sp³-hybridized carbons (Fsp3) is 0.154. The Morgan fingerprint density at radius 2 is 1.61 bits per heavy atom. The third kappa shape index (κ3) is 5.90. The van der Waals surface area contributed by atoms with Crippen LogP contribution in [-0.4, -0.2) is 22.6 Å². The number of amides is 1. The van der Waals surface area contributed by atoms with Crippen molar-refractivity contribution in [1.29, 1.82) is 0 Å². The Hall–Kier alpha value is -3.70. The third-order valence-corrected chi connectivity index (χ3v) is 4.97. The average molecular weight is 413 g/mol. The Morgan fingerprint density at radius 1 is 0.935 bits per heavy atom. The normalized spacial score (nSPS) is 10.3. The summed E-state index contributed by atoms with van der Waals surface area (Å²) in [5.74, 6) is -0.440. The summed E-state index contributed by atoms with van der Waals surface area (Å²) in [4.78, 5) is 11.6. The number of carbonyl (C=O) groups is 1. The lowest BCUT2D eigenvalue weighted by Crippen LogP contribution is -2.13. The largest absolute Gasteiger partial charge is 0.366 e. The molecule has 0 radical (unpaired) electrons. The maximum absolute atomic E-state index is 11.6. The molecular formula is C26H28N4O. The van der Waals surface area contributed by atoms with Crippen LogP contribution in [0.1, 0.15) is 27.9 Å². The number of nitrogens with zero attached hydrogens (tertiary/aromatic N) is 1. The number of rotatable bonds is 6. The second-order valence-corrected chi connectivity index (χ2v) is 7.27. The average Bonchev–Trinajstić information content (AvgIpc) is 3.29. The standard InChI is InChI=1S/C17H15N3O.C9H13N/c1-11-6-5-9-13(17(18)21)16(11)15-10-14(19-20-15)12-7-3-2-4-8-12;10-8-4-7-9-5-2-1-3-6-9/h2-10H,1H3,(H2,18,21)(H,19,20);1-3,5-6H,4,7-8,10H2. The molecule has 1 heterocycles. The number of aryl methyl sites for hydroxylation is 2. The van der Waals surface area contributed by atoms with Crippen molar-refractivity contribution in [3.63, 3.8) is 0 Å². The molecule has 0 atom stereocenters. The van der Waals surface area contributed by atoms with Crippen LogP contribution in [0, 0.1) is 6.92 Å². The van der Waals surface area contributed by atoms with E-state index in [9.17, 15) is 4.79 Å². The van der Waals surface area contributed by atoms with Crippen molar-refractivity contribution >= 4 is 5.91 Å².